The molecule has 5 N–H and O–H groups in total. The van der Waals surface area contributed by atoms with Crippen molar-refractivity contribution in [2.45, 2.75) is 45.3 Å². The molecule has 8 heteroatoms. The number of β-amino-alcohol motifs (C(OH)–C–C–N with tert-alkyl or cyclic N) is 1. The summed E-state index contributed by atoms with van der Waals surface area (Å²) in [6.45, 7) is 5.09. The van der Waals surface area contributed by atoms with Crippen LogP contribution in [0.2, 0.25) is 0 Å². The molecule has 32 heavy (non-hydrogen) atoms. The fraction of sp³-hybridized carbons (Fsp3) is 0.375. The second-order valence-corrected chi connectivity index (χ2v) is 8.36. The first-order valence-electron chi connectivity index (χ1n) is 10.9. The van der Waals surface area contributed by atoms with Gasteiger partial charge in [0.15, 0.2) is 6.04 Å². The second kappa shape index (κ2) is 9.40. The monoisotopic (exact) mass is 436 g/mol. The predicted octanol–water partition coefficient (Wildman–Crippen LogP) is 2.46. The molecule has 0 unspecified atom stereocenters. The number of nitrogens with two attached hydrogens (primary N) is 2. The number of rotatable bonds is 7. The van der Waals surface area contributed by atoms with Gasteiger partial charge in [-0.2, -0.15) is 4.98 Å². The average Bonchev–Trinajstić information content (AvgIpc) is 3.40. The van der Waals surface area contributed by atoms with Crippen molar-refractivity contribution in [1.29, 1.82) is 0 Å². The molecule has 1 aromatic heterocycles. The van der Waals surface area contributed by atoms with Crippen LogP contribution >= 0.6 is 0 Å². The van der Waals surface area contributed by atoms with Crippen molar-refractivity contribution in [1.82, 2.24) is 10.1 Å². The van der Waals surface area contributed by atoms with E-state index in [1.807, 2.05) is 25.1 Å². The summed E-state index contributed by atoms with van der Waals surface area (Å²) in [4.78, 5) is 4.52. The molecule has 0 bridgehead atoms. The van der Waals surface area contributed by atoms with Crippen LogP contribution in [0.3, 0.4) is 0 Å². The van der Waals surface area contributed by atoms with Crippen LogP contribution in [0.15, 0.2) is 47.0 Å². The molecule has 2 heterocycles. The smallest absolute Gasteiger partial charge is 0.341 e. The van der Waals surface area contributed by atoms with E-state index in [9.17, 15) is 5.11 Å². The van der Waals surface area contributed by atoms with Crippen molar-refractivity contribution in [2.75, 3.05) is 13.2 Å². The molecule has 1 aliphatic heterocycles. The van der Waals surface area contributed by atoms with Crippen molar-refractivity contribution in [3.05, 3.63) is 65.0 Å². The highest BCUT2D eigenvalue weighted by molar-refractivity contribution is 5.70. The zero-order chi connectivity index (χ0) is 22.7. The van der Waals surface area contributed by atoms with E-state index >= 15 is 0 Å². The molecule has 1 saturated heterocycles. The summed E-state index contributed by atoms with van der Waals surface area (Å²) in [6, 6.07) is 14.1. The summed E-state index contributed by atoms with van der Waals surface area (Å²) in [7, 11) is 0. The van der Waals surface area contributed by atoms with Crippen molar-refractivity contribution in [2.24, 2.45) is 11.5 Å². The highest BCUT2D eigenvalue weighted by atomic mass is 16.5. The molecule has 0 radical (unpaired) electrons. The molecule has 0 amide bonds. The Morgan fingerprint density at radius 1 is 1.19 bits per heavy atom. The summed E-state index contributed by atoms with van der Waals surface area (Å²) >= 11 is 0. The fourth-order valence-electron chi connectivity index (χ4n) is 3.98. The van der Waals surface area contributed by atoms with E-state index in [0.29, 0.717) is 31.3 Å². The van der Waals surface area contributed by atoms with Gasteiger partial charge in [-0.25, -0.2) is 0 Å². The van der Waals surface area contributed by atoms with Crippen molar-refractivity contribution >= 4 is 5.96 Å². The van der Waals surface area contributed by atoms with Crippen molar-refractivity contribution in [3.8, 4) is 17.1 Å². The van der Waals surface area contributed by atoms with E-state index in [-0.39, 0.29) is 12.0 Å². The van der Waals surface area contributed by atoms with E-state index in [1.54, 1.807) is 4.58 Å². The molecule has 0 spiro atoms. The molecule has 2 aromatic carbocycles. The number of ether oxygens (including phenoxy) is 1. The van der Waals surface area contributed by atoms with Crippen LogP contribution in [0.25, 0.3) is 11.4 Å². The Labute approximate surface area is 187 Å². The van der Waals surface area contributed by atoms with Crippen LogP contribution in [-0.2, 0) is 6.42 Å². The van der Waals surface area contributed by atoms with Gasteiger partial charge >= 0.3 is 5.96 Å². The zero-order valence-electron chi connectivity index (χ0n) is 18.5. The van der Waals surface area contributed by atoms with Gasteiger partial charge in [0.05, 0.1) is 19.3 Å². The Hall–Kier alpha value is -3.39. The molecular formula is C24H30N5O3+. The molecule has 168 valence electrons. The third kappa shape index (κ3) is 4.91. The second-order valence-electron chi connectivity index (χ2n) is 8.36. The quantitative estimate of drug-likeness (QED) is 0.295. The van der Waals surface area contributed by atoms with Crippen LogP contribution < -0.4 is 16.2 Å². The minimum absolute atomic E-state index is 0.131. The highest BCUT2D eigenvalue weighted by Crippen LogP contribution is 2.30. The number of hydrogen-bond acceptors (Lipinski definition) is 5. The van der Waals surface area contributed by atoms with Gasteiger partial charge in [0.2, 0.25) is 5.82 Å². The average molecular weight is 437 g/mol. The Bertz CT molecular complexity index is 1100. The molecule has 8 nitrogen and oxygen atoms in total. The number of aromatic nitrogens is 2. The van der Waals surface area contributed by atoms with E-state index in [4.69, 9.17) is 20.7 Å². The molecule has 2 atom stereocenters. The first kappa shape index (κ1) is 21.8. The zero-order valence-corrected chi connectivity index (χ0v) is 18.5. The van der Waals surface area contributed by atoms with Gasteiger partial charge in [-0.1, -0.05) is 35.0 Å². The van der Waals surface area contributed by atoms with Crippen LogP contribution in [0, 0.1) is 13.8 Å². The molecule has 1 aliphatic rings. The minimum atomic E-state index is -0.540. The summed E-state index contributed by atoms with van der Waals surface area (Å²) in [6.07, 6.45) is 1.83. The van der Waals surface area contributed by atoms with Gasteiger partial charge in [0, 0.05) is 12.0 Å². The molecular weight excluding hydrogens is 406 g/mol. The Balaban J connectivity index is 1.38. The Kier molecular flexibility index (Phi) is 6.41. The topological polar surface area (TPSA) is 123 Å². The number of aliphatic hydroxyl groups is 1. The van der Waals surface area contributed by atoms with Gasteiger partial charge < -0.3 is 14.4 Å². The lowest BCUT2D eigenvalue weighted by atomic mass is 10.1. The lowest BCUT2D eigenvalue weighted by Crippen LogP contribution is -2.36. The minimum Gasteiger partial charge on any atom is -0.493 e. The number of guanidine groups is 1. The lowest BCUT2D eigenvalue weighted by molar-refractivity contribution is -0.557. The number of benzene rings is 2. The largest absolute Gasteiger partial charge is 0.493 e. The van der Waals surface area contributed by atoms with Gasteiger partial charge in [-0.15, -0.1) is 0 Å². The van der Waals surface area contributed by atoms with Gasteiger partial charge in [-0.05, 0) is 56.0 Å². The summed E-state index contributed by atoms with van der Waals surface area (Å²) in [5.74, 6) is 1.84. The SMILES string of the molecule is Cc1ccc(CCCOc2ccc(-c3noc([C@@H]4C[C@@H](O)C[N+]4=C(N)N)n3)cc2C)cc1. The maximum atomic E-state index is 9.97. The maximum absolute atomic E-state index is 9.97. The van der Waals surface area contributed by atoms with Crippen LogP contribution in [0.1, 0.15) is 41.5 Å². The molecule has 3 aromatic rings. The summed E-state index contributed by atoms with van der Waals surface area (Å²) < 4.78 is 13.1. The molecule has 0 saturated carbocycles. The first-order chi connectivity index (χ1) is 15.4. The van der Waals surface area contributed by atoms with Gasteiger partial charge in [0.1, 0.15) is 5.75 Å². The van der Waals surface area contributed by atoms with E-state index < -0.39 is 6.10 Å². The Morgan fingerprint density at radius 3 is 2.69 bits per heavy atom. The van der Waals surface area contributed by atoms with E-state index in [0.717, 1.165) is 29.7 Å². The number of aliphatic hydroxyl groups excluding tert-OH is 1. The standard InChI is InChI=1S/C24H29N5O3/c1-15-5-7-17(8-6-15)4-3-11-31-21-10-9-18(12-16(21)2)22-27-23(32-28-22)20-13-19(30)14-29(20)24(25)26/h5-10,12,19-20,30H,3-4,11,13-14H2,1-2H3,(H3,25,26)/p+1/t19-,20+/m1/s1. The third-order valence-corrected chi connectivity index (χ3v) is 5.76. The number of hydrogen-bond donors (Lipinski definition) is 3. The third-order valence-electron chi connectivity index (χ3n) is 5.76. The molecule has 0 aliphatic carbocycles. The van der Waals surface area contributed by atoms with E-state index in [2.05, 4.69) is 41.3 Å². The van der Waals surface area contributed by atoms with Crippen molar-refractivity contribution < 1.29 is 18.9 Å². The number of nitrogens with zero attached hydrogens (tertiary/aromatic N) is 3. The van der Waals surface area contributed by atoms with Crippen molar-refractivity contribution in [3.63, 3.8) is 0 Å². The van der Waals surface area contributed by atoms with Crippen LogP contribution in [-0.4, -0.2) is 45.0 Å². The van der Waals surface area contributed by atoms with Gasteiger partial charge in [-0.3, -0.25) is 16.0 Å². The summed E-state index contributed by atoms with van der Waals surface area (Å²) in [5, 5.41) is 14.1. The normalized spacial score (nSPS) is 18.2. The van der Waals surface area contributed by atoms with Gasteiger partial charge in [0.25, 0.3) is 5.89 Å². The number of aryl methyl sites for hydroxylation is 3. The Morgan fingerprint density at radius 2 is 1.97 bits per heavy atom. The lowest BCUT2D eigenvalue weighted by Gasteiger charge is -2.10. The molecule has 1 fully saturated rings. The maximum Gasteiger partial charge on any atom is 0.341 e. The van der Waals surface area contributed by atoms with Crippen LogP contribution in [0.5, 0.6) is 5.75 Å². The molecule has 4 rings (SSSR count). The van der Waals surface area contributed by atoms with Crippen LogP contribution in [0.4, 0.5) is 0 Å². The predicted molar refractivity (Wildman–Crippen MR) is 121 cm³/mol. The fourth-order valence-corrected chi connectivity index (χ4v) is 3.98. The first-order valence-corrected chi connectivity index (χ1v) is 10.9. The highest BCUT2D eigenvalue weighted by Gasteiger charge is 2.36. The van der Waals surface area contributed by atoms with E-state index in [1.165, 1.54) is 11.1 Å². The summed E-state index contributed by atoms with van der Waals surface area (Å²) in [5.41, 5.74) is 15.9.